The zero-order valence-electron chi connectivity index (χ0n) is 6.71. The second kappa shape index (κ2) is 3.17. The second-order valence-electron chi connectivity index (χ2n) is 2.81. The maximum Gasteiger partial charge on any atom is 0.323 e. The molecule has 1 rings (SSSR count). The average Bonchev–Trinajstić information content (AvgIpc) is 2.28. The summed E-state index contributed by atoms with van der Waals surface area (Å²) in [5.41, 5.74) is 0. The standard InChI is InChI=1S/C7H12FNO2/c1-9-4-5(8)3-6(9)7(10)11-2/h5-6H,3-4H2,1-2H3/t5?,6-/m0/s1. The van der Waals surface area contributed by atoms with Crippen molar-refractivity contribution in [3.05, 3.63) is 0 Å². The summed E-state index contributed by atoms with van der Waals surface area (Å²) in [6.07, 6.45) is -0.618. The van der Waals surface area contributed by atoms with E-state index >= 15 is 0 Å². The Morgan fingerprint density at radius 2 is 2.36 bits per heavy atom. The third kappa shape index (κ3) is 1.68. The van der Waals surface area contributed by atoms with Crippen molar-refractivity contribution in [2.24, 2.45) is 0 Å². The monoisotopic (exact) mass is 161 g/mol. The van der Waals surface area contributed by atoms with Crippen LogP contribution in [0.5, 0.6) is 0 Å². The molecule has 64 valence electrons. The Morgan fingerprint density at radius 3 is 2.73 bits per heavy atom. The van der Waals surface area contributed by atoms with Crippen LogP contribution in [0.3, 0.4) is 0 Å². The molecule has 3 nitrogen and oxygen atoms in total. The fraction of sp³-hybridized carbons (Fsp3) is 0.857. The number of nitrogens with zero attached hydrogens (tertiary/aromatic N) is 1. The fourth-order valence-corrected chi connectivity index (χ4v) is 1.35. The summed E-state index contributed by atoms with van der Waals surface area (Å²) in [6, 6.07) is -0.380. The molecule has 0 bridgehead atoms. The van der Waals surface area contributed by atoms with Gasteiger partial charge in [-0.3, -0.25) is 9.69 Å². The van der Waals surface area contributed by atoms with Gasteiger partial charge in [-0.25, -0.2) is 4.39 Å². The molecule has 0 aromatic rings. The van der Waals surface area contributed by atoms with Crippen LogP contribution < -0.4 is 0 Å². The van der Waals surface area contributed by atoms with E-state index in [4.69, 9.17) is 0 Å². The first-order valence-corrected chi connectivity index (χ1v) is 3.57. The SMILES string of the molecule is COC(=O)[C@@H]1CC(F)CN1C. The molecule has 0 N–H and O–H groups in total. The molecular formula is C7H12FNO2. The molecule has 0 aromatic carbocycles. The second-order valence-corrected chi connectivity index (χ2v) is 2.81. The summed E-state index contributed by atoms with van der Waals surface area (Å²) in [7, 11) is 3.04. The summed E-state index contributed by atoms with van der Waals surface area (Å²) in [5, 5.41) is 0. The average molecular weight is 161 g/mol. The predicted octanol–water partition coefficient (Wildman–Crippen LogP) is 0.202. The number of esters is 1. The van der Waals surface area contributed by atoms with E-state index < -0.39 is 6.17 Å². The third-order valence-electron chi connectivity index (χ3n) is 1.97. The van der Waals surface area contributed by atoms with Crippen LogP contribution in [0, 0.1) is 0 Å². The molecule has 1 saturated heterocycles. The maximum atomic E-state index is 12.7. The number of likely N-dealkylation sites (N-methyl/N-ethyl adjacent to an activating group) is 1. The largest absolute Gasteiger partial charge is 0.468 e. The number of carbonyl (C=O) groups is 1. The Morgan fingerprint density at radius 1 is 1.73 bits per heavy atom. The van der Waals surface area contributed by atoms with Gasteiger partial charge in [0.05, 0.1) is 7.11 Å². The van der Waals surface area contributed by atoms with Crippen molar-refractivity contribution < 1.29 is 13.9 Å². The normalized spacial score (nSPS) is 32.3. The van der Waals surface area contributed by atoms with Crippen LogP contribution in [0.2, 0.25) is 0 Å². The molecule has 1 aliphatic rings. The van der Waals surface area contributed by atoms with Gasteiger partial charge in [0.2, 0.25) is 0 Å². The lowest BCUT2D eigenvalue weighted by Crippen LogP contribution is -2.33. The predicted molar refractivity (Wildman–Crippen MR) is 37.9 cm³/mol. The van der Waals surface area contributed by atoms with E-state index in [1.807, 2.05) is 0 Å². The van der Waals surface area contributed by atoms with Crippen molar-refractivity contribution in [3.63, 3.8) is 0 Å². The summed E-state index contributed by atoms with van der Waals surface area (Å²) >= 11 is 0. The Balaban J connectivity index is 2.52. The van der Waals surface area contributed by atoms with Crippen LogP contribution in [-0.4, -0.2) is 43.8 Å². The van der Waals surface area contributed by atoms with Gasteiger partial charge in [-0.2, -0.15) is 0 Å². The van der Waals surface area contributed by atoms with E-state index in [9.17, 15) is 9.18 Å². The van der Waals surface area contributed by atoms with Gasteiger partial charge in [-0.05, 0) is 7.05 Å². The molecule has 1 unspecified atom stereocenters. The van der Waals surface area contributed by atoms with Crippen molar-refractivity contribution >= 4 is 5.97 Å². The van der Waals surface area contributed by atoms with Crippen LogP contribution in [0.15, 0.2) is 0 Å². The number of rotatable bonds is 1. The highest BCUT2D eigenvalue weighted by molar-refractivity contribution is 5.76. The number of hydrogen-bond donors (Lipinski definition) is 0. The first-order chi connectivity index (χ1) is 5.15. The summed E-state index contributed by atoms with van der Waals surface area (Å²) in [6.45, 7) is 0.333. The summed E-state index contributed by atoms with van der Waals surface area (Å²) in [5.74, 6) is -0.340. The summed E-state index contributed by atoms with van der Waals surface area (Å²) in [4.78, 5) is 12.6. The van der Waals surface area contributed by atoms with Crippen molar-refractivity contribution in [2.45, 2.75) is 18.6 Å². The van der Waals surface area contributed by atoms with Gasteiger partial charge in [0, 0.05) is 13.0 Å². The van der Waals surface area contributed by atoms with E-state index in [1.165, 1.54) is 7.11 Å². The third-order valence-corrected chi connectivity index (χ3v) is 1.97. The van der Waals surface area contributed by atoms with Gasteiger partial charge in [-0.15, -0.1) is 0 Å². The van der Waals surface area contributed by atoms with Crippen LogP contribution in [0.25, 0.3) is 0 Å². The molecule has 0 spiro atoms. The van der Waals surface area contributed by atoms with Gasteiger partial charge in [0.1, 0.15) is 12.2 Å². The molecule has 1 heterocycles. The molecule has 2 atom stereocenters. The fourth-order valence-electron chi connectivity index (χ4n) is 1.35. The van der Waals surface area contributed by atoms with E-state index in [1.54, 1.807) is 11.9 Å². The van der Waals surface area contributed by atoms with Crippen molar-refractivity contribution in [2.75, 3.05) is 20.7 Å². The lowest BCUT2D eigenvalue weighted by Gasteiger charge is -2.15. The minimum Gasteiger partial charge on any atom is -0.468 e. The molecule has 0 aliphatic carbocycles. The molecule has 0 radical (unpaired) electrons. The minimum absolute atomic E-state index is 0.267. The summed E-state index contributed by atoms with van der Waals surface area (Å²) < 4.78 is 17.2. The van der Waals surface area contributed by atoms with Gasteiger partial charge in [0.15, 0.2) is 0 Å². The zero-order chi connectivity index (χ0) is 8.43. The van der Waals surface area contributed by atoms with E-state index in [0.717, 1.165) is 0 Å². The molecule has 4 heteroatoms. The number of hydrogen-bond acceptors (Lipinski definition) is 3. The molecule has 0 saturated carbocycles. The Hall–Kier alpha value is -0.640. The van der Waals surface area contributed by atoms with Crippen LogP contribution in [-0.2, 0) is 9.53 Å². The topological polar surface area (TPSA) is 29.5 Å². The highest BCUT2D eigenvalue weighted by Gasteiger charge is 2.34. The van der Waals surface area contributed by atoms with E-state index in [2.05, 4.69) is 4.74 Å². The van der Waals surface area contributed by atoms with Gasteiger partial charge in [0.25, 0.3) is 0 Å². The van der Waals surface area contributed by atoms with Crippen molar-refractivity contribution in [1.29, 1.82) is 0 Å². The molecule has 1 aliphatic heterocycles. The van der Waals surface area contributed by atoms with Gasteiger partial charge < -0.3 is 4.74 Å². The van der Waals surface area contributed by atoms with Crippen LogP contribution >= 0.6 is 0 Å². The Kier molecular flexibility index (Phi) is 2.44. The number of ether oxygens (including phenoxy) is 1. The van der Waals surface area contributed by atoms with E-state index in [0.29, 0.717) is 6.54 Å². The van der Waals surface area contributed by atoms with Crippen molar-refractivity contribution in [1.82, 2.24) is 4.90 Å². The first kappa shape index (κ1) is 8.46. The number of likely N-dealkylation sites (tertiary alicyclic amines) is 1. The number of carbonyl (C=O) groups excluding carboxylic acids is 1. The van der Waals surface area contributed by atoms with E-state index in [-0.39, 0.29) is 18.4 Å². The lowest BCUT2D eigenvalue weighted by molar-refractivity contribution is -0.145. The van der Waals surface area contributed by atoms with Crippen LogP contribution in [0.1, 0.15) is 6.42 Å². The molecular weight excluding hydrogens is 149 g/mol. The highest BCUT2D eigenvalue weighted by atomic mass is 19.1. The maximum absolute atomic E-state index is 12.7. The highest BCUT2D eigenvalue weighted by Crippen LogP contribution is 2.18. The van der Waals surface area contributed by atoms with Gasteiger partial charge in [-0.1, -0.05) is 0 Å². The smallest absolute Gasteiger partial charge is 0.323 e. The number of halogens is 1. The molecule has 0 aromatic heterocycles. The zero-order valence-corrected chi connectivity index (χ0v) is 6.71. The lowest BCUT2D eigenvalue weighted by atomic mass is 10.2. The molecule has 1 fully saturated rings. The number of methoxy groups -OCH3 is 1. The van der Waals surface area contributed by atoms with Crippen molar-refractivity contribution in [3.8, 4) is 0 Å². The quantitative estimate of drug-likeness (QED) is 0.514. The Bertz CT molecular complexity index is 163. The van der Waals surface area contributed by atoms with Crippen LogP contribution in [0.4, 0.5) is 4.39 Å². The minimum atomic E-state index is -0.885. The van der Waals surface area contributed by atoms with Gasteiger partial charge >= 0.3 is 5.97 Å². The molecule has 11 heavy (non-hydrogen) atoms. The Labute approximate surface area is 65.1 Å². The number of alkyl halides is 1. The molecule has 0 amide bonds. The first-order valence-electron chi connectivity index (χ1n) is 3.57.